The fourth-order valence-corrected chi connectivity index (χ4v) is 5.58. The van der Waals surface area contributed by atoms with Gasteiger partial charge in [0.25, 0.3) is 0 Å². The summed E-state index contributed by atoms with van der Waals surface area (Å²) in [7, 11) is -3.10. The molecule has 1 unspecified atom stereocenters. The lowest BCUT2D eigenvalue weighted by atomic mass is 10.2. The lowest BCUT2D eigenvalue weighted by molar-refractivity contribution is 0.261. The summed E-state index contributed by atoms with van der Waals surface area (Å²) in [4.78, 5) is 5.96. The molecule has 0 bridgehead atoms. The van der Waals surface area contributed by atoms with Crippen LogP contribution in [-0.4, -0.2) is 47.5 Å². The van der Waals surface area contributed by atoms with E-state index in [1.54, 1.807) is 30.8 Å². The van der Waals surface area contributed by atoms with Crippen LogP contribution in [0.15, 0.2) is 12.1 Å². The second kappa shape index (κ2) is 6.83. The van der Waals surface area contributed by atoms with E-state index in [0.29, 0.717) is 22.6 Å². The Bertz CT molecular complexity index is 581. The summed E-state index contributed by atoms with van der Waals surface area (Å²) in [6.45, 7) is 2.89. The predicted octanol–water partition coefficient (Wildman–Crippen LogP) is 2.70. The lowest BCUT2D eigenvalue weighted by Crippen LogP contribution is -2.47. The molecular formula is C12H16Cl2N2O2S2. The quantitative estimate of drug-likeness (QED) is 0.778. The maximum Gasteiger partial charge on any atom is 0.166 e. The first-order valence-corrected chi connectivity index (χ1v) is 9.91. The van der Waals surface area contributed by atoms with Crippen LogP contribution in [0, 0.1) is 0 Å². The molecule has 1 aliphatic rings. The molecule has 1 fully saturated rings. The molecule has 1 atom stereocenters. The molecule has 4 nitrogen and oxygen atoms in total. The van der Waals surface area contributed by atoms with Crippen LogP contribution in [-0.2, 0) is 16.4 Å². The molecule has 0 aliphatic carbocycles. The number of halogens is 2. The Morgan fingerprint density at radius 1 is 1.45 bits per heavy atom. The third-order valence-electron chi connectivity index (χ3n) is 3.27. The van der Waals surface area contributed by atoms with Gasteiger partial charge in [0, 0.05) is 35.9 Å². The van der Waals surface area contributed by atoms with Gasteiger partial charge in [-0.3, -0.25) is 4.90 Å². The van der Waals surface area contributed by atoms with Gasteiger partial charge in [0.15, 0.2) is 9.84 Å². The van der Waals surface area contributed by atoms with Crippen molar-refractivity contribution >= 4 is 44.8 Å². The van der Waals surface area contributed by atoms with Crippen molar-refractivity contribution in [1.29, 1.82) is 0 Å². The molecule has 0 N–H and O–H groups in total. The van der Waals surface area contributed by atoms with E-state index < -0.39 is 15.2 Å². The molecule has 8 heteroatoms. The fraction of sp³-hybridized carbons (Fsp3) is 0.583. The van der Waals surface area contributed by atoms with Crippen molar-refractivity contribution in [2.45, 2.75) is 18.8 Å². The third-order valence-corrected chi connectivity index (χ3v) is 7.14. The van der Waals surface area contributed by atoms with Crippen molar-refractivity contribution in [2.24, 2.45) is 0 Å². The van der Waals surface area contributed by atoms with Crippen molar-refractivity contribution in [3.8, 4) is 0 Å². The van der Waals surface area contributed by atoms with Crippen molar-refractivity contribution in [3.63, 3.8) is 0 Å². The molecule has 1 aromatic rings. The van der Waals surface area contributed by atoms with Gasteiger partial charge >= 0.3 is 0 Å². The van der Waals surface area contributed by atoms with Gasteiger partial charge < -0.3 is 0 Å². The van der Waals surface area contributed by atoms with E-state index in [1.165, 1.54) is 0 Å². The zero-order valence-electron chi connectivity index (χ0n) is 11.1. The SMILES string of the molecule is CCS(=O)(=O)C1CSCCN1Cc1ccc(Cl)nc1Cl. The number of pyridine rings is 1. The number of aromatic nitrogens is 1. The first-order valence-electron chi connectivity index (χ1n) is 6.28. The minimum atomic E-state index is -3.10. The summed E-state index contributed by atoms with van der Waals surface area (Å²) in [6.07, 6.45) is 0. The smallest absolute Gasteiger partial charge is 0.166 e. The second-order valence-corrected chi connectivity index (χ2v) is 8.88. The van der Waals surface area contributed by atoms with Gasteiger partial charge in [-0.15, -0.1) is 0 Å². The Balaban J connectivity index is 2.21. The second-order valence-electron chi connectivity index (χ2n) is 4.54. The van der Waals surface area contributed by atoms with Gasteiger partial charge in [-0.25, -0.2) is 13.4 Å². The topological polar surface area (TPSA) is 50.3 Å². The summed E-state index contributed by atoms with van der Waals surface area (Å²) >= 11 is 13.5. The number of hydrogen-bond acceptors (Lipinski definition) is 5. The minimum absolute atomic E-state index is 0.154. The van der Waals surface area contributed by atoms with Gasteiger partial charge in [0.2, 0.25) is 0 Å². The highest BCUT2D eigenvalue weighted by atomic mass is 35.5. The van der Waals surface area contributed by atoms with Gasteiger partial charge in [-0.05, 0) is 6.07 Å². The molecule has 0 saturated carbocycles. The Kier molecular flexibility index (Phi) is 5.59. The van der Waals surface area contributed by atoms with Crippen molar-refractivity contribution < 1.29 is 8.42 Å². The van der Waals surface area contributed by atoms with E-state index in [9.17, 15) is 8.42 Å². The van der Waals surface area contributed by atoms with Gasteiger partial charge in [0.05, 0.1) is 0 Å². The molecule has 0 aromatic carbocycles. The maximum atomic E-state index is 12.2. The highest BCUT2D eigenvalue weighted by Crippen LogP contribution is 2.25. The summed E-state index contributed by atoms with van der Waals surface area (Å²) in [5, 5.41) is 0.229. The monoisotopic (exact) mass is 354 g/mol. The molecular weight excluding hydrogens is 339 g/mol. The lowest BCUT2D eigenvalue weighted by Gasteiger charge is -2.34. The van der Waals surface area contributed by atoms with Crippen LogP contribution in [0.25, 0.3) is 0 Å². The van der Waals surface area contributed by atoms with Crippen molar-refractivity contribution in [3.05, 3.63) is 28.0 Å². The molecule has 1 saturated heterocycles. The van der Waals surface area contributed by atoms with Gasteiger partial charge in [-0.1, -0.05) is 36.2 Å². The molecule has 2 rings (SSSR count). The highest BCUT2D eigenvalue weighted by Gasteiger charge is 2.33. The van der Waals surface area contributed by atoms with E-state index in [2.05, 4.69) is 4.98 Å². The largest absolute Gasteiger partial charge is 0.281 e. The minimum Gasteiger partial charge on any atom is -0.281 e. The number of nitrogens with zero attached hydrogens (tertiary/aromatic N) is 2. The highest BCUT2D eigenvalue weighted by molar-refractivity contribution is 8.01. The molecule has 1 aromatic heterocycles. The Morgan fingerprint density at radius 2 is 2.20 bits per heavy atom. The molecule has 1 aliphatic heterocycles. The van der Waals surface area contributed by atoms with E-state index >= 15 is 0 Å². The molecule has 0 radical (unpaired) electrons. The number of hydrogen-bond donors (Lipinski definition) is 0. The maximum absolute atomic E-state index is 12.2. The molecule has 0 amide bonds. The molecule has 20 heavy (non-hydrogen) atoms. The molecule has 2 heterocycles. The normalized spacial score (nSPS) is 21.1. The van der Waals surface area contributed by atoms with E-state index in [-0.39, 0.29) is 5.75 Å². The first-order chi connectivity index (χ1) is 9.44. The Labute approximate surface area is 133 Å². The van der Waals surface area contributed by atoms with Gasteiger partial charge in [0.1, 0.15) is 15.7 Å². The summed E-state index contributed by atoms with van der Waals surface area (Å²) < 4.78 is 24.3. The number of thioether (sulfide) groups is 1. The average Bonchev–Trinajstić information content (AvgIpc) is 2.42. The van der Waals surface area contributed by atoms with Crippen LogP contribution in [0.1, 0.15) is 12.5 Å². The summed E-state index contributed by atoms with van der Waals surface area (Å²) in [5.74, 6) is 1.69. The van der Waals surface area contributed by atoms with Crippen LogP contribution in [0.3, 0.4) is 0 Å². The zero-order chi connectivity index (χ0) is 14.8. The molecule has 112 valence electrons. The standard InChI is InChI=1S/C12H16Cl2N2O2S2/c1-2-20(17,18)11-8-19-6-5-16(11)7-9-3-4-10(13)15-12(9)14/h3-4,11H,2,5-8H2,1H3. The summed E-state index contributed by atoms with van der Waals surface area (Å²) in [6, 6.07) is 3.47. The third kappa shape index (κ3) is 3.80. The van der Waals surface area contributed by atoms with Crippen molar-refractivity contribution in [2.75, 3.05) is 23.8 Å². The fourth-order valence-electron chi connectivity index (χ4n) is 2.10. The van der Waals surface area contributed by atoms with Gasteiger partial charge in [-0.2, -0.15) is 11.8 Å². The predicted molar refractivity (Wildman–Crippen MR) is 85.2 cm³/mol. The average molecular weight is 355 g/mol. The summed E-state index contributed by atoms with van der Waals surface area (Å²) in [5.41, 5.74) is 0.805. The Hall–Kier alpha value is -0.0100. The number of rotatable bonds is 4. The number of sulfone groups is 1. The van der Waals surface area contributed by atoms with E-state index in [4.69, 9.17) is 23.2 Å². The Morgan fingerprint density at radius 3 is 2.85 bits per heavy atom. The van der Waals surface area contributed by atoms with Crippen LogP contribution in [0.2, 0.25) is 10.3 Å². The molecule has 0 spiro atoms. The van der Waals surface area contributed by atoms with Crippen LogP contribution >= 0.6 is 35.0 Å². The van der Waals surface area contributed by atoms with Crippen LogP contribution < -0.4 is 0 Å². The van der Waals surface area contributed by atoms with Crippen molar-refractivity contribution in [1.82, 2.24) is 9.88 Å². The van der Waals surface area contributed by atoms with E-state index in [1.807, 2.05) is 4.90 Å². The van der Waals surface area contributed by atoms with Crippen LogP contribution in [0.5, 0.6) is 0 Å². The first kappa shape index (κ1) is 16.4. The van der Waals surface area contributed by atoms with Crippen LogP contribution in [0.4, 0.5) is 0 Å². The van der Waals surface area contributed by atoms with E-state index in [0.717, 1.165) is 17.9 Å². The zero-order valence-corrected chi connectivity index (χ0v) is 14.2.